The van der Waals surface area contributed by atoms with Crippen LogP contribution in [0.3, 0.4) is 0 Å². The van der Waals surface area contributed by atoms with Crippen molar-refractivity contribution in [2.75, 3.05) is 13.2 Å². The molecule has 2 amide bonds. The number of amides is 2. The van der Waals surface area contributed by atoms with Crippen LogP contribution in [0, 0.1) is 5.41 Å². The van der Waals surface area contributed by atoms with E-state index in [1.54, 1.807) is 33.8 Å². The summed E-state index contributed by atoms with van der Waals surface area (Å²) in [7, 11) is 0. The number of esters is 1. The molecule has 6 nitrogen and oxygen atoms in total. The Morgan fingerprint density at radius 3 is 2.59 bits per heavy atom. The van der Waals surface area contributed by atoms with Crippen molar-refractivity contribution in [1.29, 1.82) is 0 Å². The van der Waals surface area contributed by atoms with Crippen LogP contribution >= 0.6 is 0 Å². The number of carbonyl (C=O) groups is 3. The molecule has 1 saturated heterocycles. The van der Waals surface area contributed by atoms with Crippen molar-refractivity contribution in [1.82, 2.24) is 4.90 Å². The maximum Gasteiger partial charge on any atom is 0.417 e. The third-order valence-corrected chi connectivity index (χ3v) is 3.96. The summed E-state index contributed by atoms with van der Waals surface area (Å²) in [6, 6.07) is 0. The van der Waals surface area contributed by atoms with Gasteiger partial charge in [0.05, 0.1) is 12.0 Å². The van der Waals surface area contributed by atoms with Crippen molar-refractivity contribution in [3.05, 3.63) is 11.6 Å². The van der Waals surface area contributed by atoms with Crippen molar-refractivity contribution in [3.8, 4) is 0 Å². The molecule has 0 aromatic heterocycles. The molecule has 2 aliphatic rings. The molecule has 2 rings (SSSR count). The van der Waals surface area contributed by atoms with E-state index in [1.807, 2.05) is 0 Å². The van der Waals surface area contributed by atoms with Crippen LogP contribution in [0.1, 0.15) is 47.0 Å². The average Bonchev–Trinajstić information content (AvgIpc) is 2.95. The predicted molar refractivity (Wildman–Crippen MR) is 78.9 cm³/mol. The Kier molecular flexibility index (Phi) is 4.31. The molecule has 1 heterocycles. The lowest BCUT2D eigenvalue weighted by molar-refractivity contribution is -0.143. The molecule has 0 aromatic carbocycles. The summed E-state index contributed by atoms with van der Waals surface area (Å²) >= 11 is 0. The largest absolute Gasteiger partial charge is 0.463 e. The molecule has 1 unspecified atom stereocenters. The molecule has 122 valence electrons. The van der Waals surface area contributed by atoms with Gasteiger partial charge in [-0.05, 0) is 47.0 Å². The van der Waals surface area contributed by atoms with Gasteiger partial charge >= 0.3 is 12.1 Å². The van der Waals surface area contributed by atoms with Crippen molar-refractivity contribution in [3.63, 3.8) is 0 Å². The monoisotopic (exact) mass is 309 g/mol. The lowest BCUT2D eigenvalue weighted by Crippen LogP contribution is -2.42. The number of rotatable bonds is 2. The number of likely N-dealkylation sites (tertiary alicyclic amines) is 1. The van der Waals surface area contributed by atoms with Crippen LogP contribution in [0.4, 0.5) is 4.79 Å². The van der Waals surface area contributed by atoms with Gasteiger partial charge in [0, 0.05) is 12.1 Å². The van der Waals surface area contributed by atoms with E-state index >= 15 is 0 Å². The second-order valence-electron chi connectivity index (χ2n) is 6.65. The third kappa shape index (κ3) is 2.87. The fraction of sp³-hybridized carbons (Fsp3) is 0.688. The second-order valence-corrected chi connectivity index (χ2v) is 6.65. The van der Waals surface area contributed by atoms with E-state index < -0.39 is 23.1 Å². The number of hydrogen-bond donors (Lipinski definition) is 0. The third-order valence-electron chi connectivity index (χ3n) is 3.96. The molecule has 0 bridgehead atoms. The first kappa shape index (κ1) is 16.5. The van der Waals surface area contributed by atoms with Crippen LogP contribution in [-0.2, 0) is 19.1 Å². The average molecular weight is 309 g/mol. The Balaban J connectivity index is 2.18. The van der Waals surface area contributed by atoms with Gasteiger partial charge in [0.1, 0.15) is 5.60 Å². The Hall–Kier alpha value is -1.85. The summed E-state index contributed by atoms with van der Waals surface area (Å²) in [5.41, 5.74) is -1.18. The quantitative estimate of drug-likeness (QED) is 0.732. The van der Waals surface area contributed by atoms with E-state index in [-0.39, 0.29) is 19.1 Å². The van der Waals surface area contributed by atoms with Crippen LogP contribution in [0.25, 0.3) is 0 Å². The summed E-state index contributed by atoms with van der Waals surface area (Å²) in [4.78, 5) is 38.1. The molecular weight excluding hydrogens is 286 g/mol. The number of nitrogens with zero attached hydrogens (tertiary/aromatic N) is 1. The van der Waals surface area contributed by atoms with Gasteiger partial charge in [-0.3, -0.25) is 4.79 Å². The Labute approximate surface area is 130 Å². The van der Waals surface area contributed by atoms with Crippen molar-refractivity contribution < 1.29 is 23.9 Å². The molecule has 0 aromatic rings. The van der Waals surface area contributed by atoms with E-state index in [9.17, 15) is 14.4 Å². The normalized spacial score (nSPS) is 24.6. The highest BCUT2D eigenvalue weighted by Crippen LogP contribution is 2.48. The molecule has 22 heavy (non-hydrogen) atoms. The first-order chi connectivity index (χ1) is 10.2. The summed E-state index contributed by atoms with van der Waals surface area (Å²) in [5.74, 6) is -0.807. The topological polar surface area (TPSA) is 72.9 Å². The summed E-state index contributed by atoms with van der Waals surface area (Å²) < 4.78 is 10.3. The zero-order valence-electron chi connectivity index (χ0n) is 13.6. The molecule has 1 aliphatic carbocycles. The molecular formula is C16H23NO5. The van der Waals surface area contributed by atoms with Gasteiger partial charge in [-0.2, -0.15) is 0 Å². The lowest BCUT2D eigenvalue weighted by Gasteiger charge is -2.26. The van der Waals surface area contributed by atoms with Gasteiger partial charge in [-0.15, -0.1) is 0 Å². The summed E-state index contributed by atoms with van der Waals surface area (Å²) in [5, 5.41) is 0. The Morgan fingerprint density at radius 2 is 2.00 bits per heavy atom. The van der Waals surface area contributed by atoms with Gasteiger partial charge < -0.3 is 9.47 Å². The highest BCUT2D eigenvalue weighted by Gasteiger charge is 2.55. The van der Waals surface area contributed by atoms with E-state index in [1.165, 1.54) is 0 Å². The van der Waals surface area contributed by atoms with E-state index in [0.717, 1.165) is 4.90 Å². The fourth-order valence-corrected chi connectivity index (χ4v) is 3.02. The number of carbonyl (C=O) groups excluding carboxylic acids is 3. The van der Waals surface area contributed by atoms with Gasteiger partial charge in [-0.1, -0.05) is 6.08 Å². The van der Waals surface area contributed by atoms with Crippen LogP contribution < -0.4 is 0 Å². The number of hydrogen-bond acceptors (Lipinski definition) is 5. The van der Waals surface area contributed by atoms with Gasteiger partial charge in [0.2, 0.25) is 5.91 Å². The molecule has 0 radical (unpaired) electrons. The van der Waals surface area contributed by atoms with Crippen LogP contribution in [0.15, 0.2) is 11.6 Å². The zero-order valence-corrected chi connectivity index (χ0v) is 13.6. The van der Waals surface area contributed by atoms with Gasteiger partial charge in [-0.25, -0.2) is 14.5 Å². The highest BCUT2D eigenvalue weighted by molar-refractivity contribution is 6.06. The summed E-state index contributed by atoms with van der Waals surface area (Å²) in [6.45, 7) is 7.51. The van der Waals surface area contributed by atoms with E-state index in [4.69, 9.17) is 9.47 Å². The van der Waals surface area contributed by atoms with Crippen LogP contribution in [0.5, 0.6) is 0 Å². The molecule has 6 heteroatoms. The lowest BCUT2D eigenvalue weighted by atomic mass is 9.79. The molecule has 1 spiro atoms. The SMILES string of the molecule is CCOC(=O)C1=CCCC12CCN(C(=O)OC(C)(C)C)C2=O. The van der Waals surface area contributed by atoms with E-state index in [0.29, 0.717) is 24.8 Å². The maximum atomic E-state index is 12.8. The van der Waals surface area contributed by atoms with Gasteiger partial charge in [0.25, 0.3) is 0 Å². The van der Waals surface area contributed by atoms with Crippen LogP contribution in [-0.4, -0.2) is 41.6 Å². The number of ether oxygens (including phenoxy) is 2. The fourth-order valence-electron chi connectivity index (χ4n) is 3.02. The molecule has 0 N–H and O–H groups in total. The van der Waals surface area contributed by atoms with Crippen molar-refractivity contribution in [2.24, 2.45) is 5.41 Å². The maximum absolute atomic E-state index is 12.8. The molecule has 0 saturated carbocycles. The minimum absolute atomic E-state index is 0.260. The molecule has 1 fully saturated rings. The summed E-state index contributed by atoms with van der Waals surface area (Å²) in [6.07, 6.45) is 2.73. The van der Waals surface area contributed by atoms with Crippen molar-refractivity contribution in [2.45, 2.75) is 52.6 Å². The first-order valence-corrected chi connectivity index (χ1v) is 7.64. The number of allylic oxidation sites excluding steroid dienone is 1. The molecule has 1 atom stereocenters. The second kappa shape index (κ2) is 5.74. The first-order valence-electron chi connectivity index (χ1n) is 7.64. The Bertz CT molecular complexity index is 531. The minimum Gasteiger partial charge on any atom is -0.463 e. The smallest absolute Gasteiger partial charge is 0.417 e. The molecule has 1 aliphatic heterocycles. The van der Waals surface area contributed by atoms with E-state index in [2.05, 4.69) is 0 Å². The standard InChI is InChI=1S/C16H23NO5/c1-5-21-12(18)11-7-6-8-16(11)9-10-17(13(16)19)14(20)22-15(2,3)4/h7H,5-6,8-10H2,1-4H3. The van der Waals surface area contributed by atoms with Crippen LogP contribution in [0.2, 0.25) is 0 Å². The van der Waals surface area contributed by atoms with Gasteiger partial charge in [0.15, 0.2) is 0 Å². The minimum atomic E-state index is -0.914. The zero-order chi connectivity index (χ0) is 16.5. The highest BCUT2D eigenvalue weighted by atomic mass is 16.6. The van der Waals surface area contributed by atoms with Crippen molar-refractivity contribution >= 4 is 18.0 Å². The predicted octanol–water partition coefficient (Wildman–Crippen LogP) is 2.42. The number of imide groups is 1. The Morgan fingerprint density at radius 1 is 1.32 bits per heavy atom.